The highest BCUT2D eigenvalue weighted by atomic mass is 35.5. The first-order valence-corrected chi connectivity index (χ1v) is 8.88. The zero-order chi connectivity index (χ0) is 17.8. The zero-order valence-corrected chi connectivity index (χ0v) is 14.9. The van der Waals surface area contributed by atoms with Crippen molar-refractivity contribution in [2.45, 2.75) is 25.9 Å². The van der Waals surface area contributed by atoms with Crippen molar-refractivity contribution in [2.24, 2.45) is 5.92 Å². The van der Waals surface area contributed by atoms with E-state index in [0.717, 1.165) is 25.1 Å². The Balaban J connectivity index is 1.78. The first-order chi connectivity index (χ1) is 12.0. The predicted molar refractivity (Wildman–Crippen MR) is 99.2 cm³/mol. The fraction of sp³-hybridized carbons (Fsp3) is 0.368. The molecule has 0 aliphatic carbocycles. The summed E-state index contributed by atoms with van der Waals surface area (Å²) in [4.78, 5) is 24.7. The Bertz CT molecular complexity index is 818. The van der Waals surface area contributed by atoms with Crippen molar-refractivity contribution < 1.29 is 4.79 Å². The van der Waals surface area contributed by atoms with E-state index in [1.165, 1.54) is 10.6 Å². The highest BCUT2D eigenvalue weighted by Gasteiger charge is 2.23. The second-order valence-corrected chi connectivity index (χ2v) is 6.93. The minimum atomic E-state index is -0.163. The van der Waals surface area contributed by atoms with Crippen molar-refractivity contribution >= 4 is 17.5 Å². The fourth-order valence-electron chi connectivity index (χ4n) is 3.03. The van der Waals surface area contributed by atoms with E-state index in [0.29, 0.717) is 23.0 Å². The molecule has 2 aromatic rings. The molecule has 0 saturated carbocycles. The summed E-state index contributed by atoms with van der Waals surface area (Å²) >= 11 is 6.17. The molecule has 2 heterocycles. The fourth-order valence-corrected chi connectivity index (χ4v) is 3.23. The monoisotopic (exact) mass is 359 g/mol. The summed E-state index contributed by atoms with van der Waals surface area (Å²) in [5.74, 6) is 0.271. The molecule has 5 nitrogen and oxygen atoms in total. The van der Waals surface area contributed by atoms with E-state index < -0.39 is 0 Å². The van der Waals surface area contributed by atoms with Crippen LogP contribution in [0.25, 0.3) is 0 Å². The maximum absolute atomic E-state index is 12.6. The van der Waals surface area contributed by atoms with Gasteiger partial charge in [0.1, 0.15) is 0 Å². The van der Waals surface area contributed by atoms with Crippen LogP contribution in [0.4, 0.5) is 0 Å². The molecule has 1 aliphatic heterocycles. The molecule has 1 aromatic heterocycles. The van der Waals surface area contributed by atoms with Gasteiger partial charge >= 0.3 is 0 Å². The number of benzene rings is 1. The Morgan fingerprint density at radius 3 is 2.88 bits per heavy atom. The average Bonchev–Trinajstić information content (AvgIpc) is 2.60. The lowest BCUT2D eigenvalue weighted by molar-refractivity contribution is 0.0914. The molecular formula is C19H22ClN3O2. The van der Waals surface area contributed by atoms with E-state index in [1.54, 1.807) is 18.3 Å². The molecule has 132 valence electrons. The molecule has 1 amide bonds. The molecule has 2 atom stereocenters. The van der Waals surface area contributed by atoms with Crippen LogP contribution in [-0.4, -0.2) is 29.6 Å². The summed E-state index contributed by atoms with van der Waals surface area (Å²) in [6.07, 6.45) is 2.64. The largest absolute Gasteiger partial charge is 0.348 e. The van der Waals surface area contributed by atoms with Crippen LogP contribution in [0.5, 0.6) is 0 Å². The van der Waals surface area contributed by atoms with Gasteiger partial charge in [0.15, 0.2) is 0 Å². The number of nitrogens with zero attached hydrogens (tertiary/aromatic N) is 1. The number of hydrogen-bond donors (Lipinski definition) is 2. The van der Waals surface area contributed by atoms with Crippen LogP contribution in [0.1, 0.15) is 29.3 Å². The van der Waals surface area contributed by atoms with Crippen LogP contribution in [-0.2, 0) is 6.54 Å². The Morgan fingerprint density at radius 1 is 1.32 bits per heavy atom. The minimum absolute atomic E-state index is 0.102. The first-order valence-electron chi connectivity index (χ1n) is 8.50. The number of nitrogens with one attached hydrogen (secondary N) is 2. The number of amides is 1. The molecule has 6 heteroatoms. The third-order valence-electron chi connectivity index (χ3n) is 4.69. The molecular weight excluding hydrogens is 338 g/mol. The topological polar surface area (TPSA) is 63.1 Å². The van der Waals surface area contributed by atoms with Crippen molar-refractivity contribution in [1.82, 2.24) is 15.2 Å². The van der Waals surface area contributed by atoms with Crippen molar-refractivity contribution in [3.05, 3.63) is 69.1 Å². The molecule has 0 radical (unpaired) electrons. The van der Waals surface area contributed by atoms with Crippen molar-refractivity contribution in [2.75, 3.05) is 13.1 Å². The standard InChI is InChI=1S/C19H22ClN3O2/c1-13-8-9-21-10-17(13)22-19(25)15-6-7-18(24)23(12-15)11-14-4-2-3-5-16(14)20/h2-7,12-13,17,21H,8-11H2,1H3,(H,22,25). The third-order valence-corrected chi connectivity index (χ3v) is 5.06. The van der Waals surface area contributed by atoms with Gasteiger partial charge in [-0.1, -0.05) is 36.7 Å². The van der Waals surface area contributed by atoms with Crippen LogP contribution >= 0.6 is 11.6 Å². The second kappa shape index (κ2) is 7.85. The van der Waals surface area contributed by atoms with Crippen LogP contribution < -0.4 is 16.2 Å². The first kappa shape index (κ1) is 17.7. The SMILES string of the molecule is CC1CCNCC1NC(=O)c1ccc(=O)n(Cc2ccccc2Cl)c1. The van der Waals surface area contributed by atoms with E-state index in [-0.39, 0.29) is 17.5 Å². The number of rotatable bonds is 4. The van der Waals surface area contributed by atoms with Crippen LogP contribution in [0.15, 0.2) is 47.4 Å². The van der Waals surface area contributed by atoms with Crippen molar-refractivity contribution in [3.63, 3.8) is 0 Å². The van der Waals surface area contributed by atoms with Crippen LogP contribution in [0.3, 0.4) is 0 Å². The zero-order valence-electron chi connectivity index (χ0n) is 14.2. The van der Waals surface area contributed by atoms with E-state index in [9.17, 15) is 9.59 Å². The smallest absolute Gasteiger partial charge is 0.253 e. The molecule has 3 rings (SSSR count). The summed E-state index contributed by atoms with van der Waals surface area (Å²) in [7, 11) is 0. The summed E-state index contributed by atoms with van der Waals surface area (Å²) in [5.41, 5.74) is 1.16. The number of pyridine rings is 1. The van der Waals surface area contributed by atoms with Crippen LogP contribution in [0.2, 0.25) is 5.02 Å². The molecule has 25 heavy (non-hydrogen) atoms. The number of carbonyl (C=O) groups excluding carboxylic acids is 1. The molecule has 1 fully saturated rings. The van der Waals surface area contributed by atoms with E-state index >= 15 is 0 Å². The Hall–Kier alpha value is -2.11. The van der Waals surface area contributed by atoms with Gasteiger partial charge in [-0.15, -0.1) is 0 Å². The van der Waals surface area contributed by atoms with Crippen molar-refractivity contribution in [1.29, 1.82) is 0 Å². The van der Waals surface area contributed by atoms with Gasteiger partial charge in [-0.05, 0) is 36.6 Å². The number of halogens is 1. The van der Waals surface area contributed by atoms with Gasteiger partial charge in [0.05, 0.1) is 12.1 Å². The Morgan fingerprint density at radius 2 is 2.12 bits per heavy atom. The summed E-state index contributed by atoms with van der Waals surface area (Å²) in [6, 6.07) is 10.5. The average molecular weight is 360 g/mol. The van der Waals surface area contributed by atoms with E-state index in [1.807, 2.05) is 18.2 Å². The molecule has 2 unspecified atom stereocenters. The maximum atomic E-state index is 12.6. The van der Waals surface area contributed by atoms with Gasteiger partial charge < -0.3 is 15.2 Å². The predicted octanol–water partition coefficient (Wildman–Crippen LogP) is 2.28. The highest BCUT2D eigenvalue weighted by molar-refractivity contribution is 6.31. The maximum Gasteiger partial charge on any atom is 0.253 e. The Labute approximate surface area is 152 Å². The van der Waals surface area contributed by atoms with Crippen LogP contribution in [0, 0.1) is 5.92 Å². The van der Waals surface area contributed by atoms with Gasteiger partial charge in [0.25, 0.3) is 11.5 Å². The lowest BCUT2D eigenvalue weighted by Gasteiger charge is -2.30. The number of piperidine rings is 1. The molecule has 1 aromatic carbocycles. The van der Waals surface area contributed by atoms with Gasteiger partial charge in [-0.3, -0.25) is 9.59 Å². The summed E-state index contributed by atoms with van der Waals surface area (Å²) in [6.45, 7) is 4.23. The lowest BCUT2D eigenvalue weighted by Crippen LogP contribution is -2.50. The van der Waals surface area contributed by atoms with Gasteiger partial charge in [0, 0.05) is 29.9 Å². The highest BCUT2D eigenvalue weighted by Crippen LogP contribution is 2.16. The quantitative estimate of drug-likeness (QED) is 0.880. The Kier molecular flexibility index (Phi) is 5.56. The second-order valence-electron chi connectivity index (χ2n) is 6.53. The number of hydrogen-bond acceptors (Lipinski definition) is 3. The molecule has 0 spiro atoms. The van der Waals surface area contributed by atoms with Gasteiger partial charge in [-0.25, -0.2) is 0 Å². The molecule has 2 N–H and O–H groups in total. The van der Waals surface area contributed by atoms with E-state index in [4.69, 9.17) is 11.6 Å². The van der Waals surface area contributed by atoms with Gasteiger partial charge in [-0.2, -0.15) is 0 Å². The minimum Gasteiger partial charge on any atom is -0.348 e. The molecule has 0 bridgehead atoms. The lowest BCUT2D eigenvalue weighted by atomic mass is 9.94. The normalized spacial score (nSPS) is 20.2. The molecule has 1 aliphatic rings. The molecule has 1 saturated heterocycles. The van der Waals surface area contributed by atoms with Gasteiger partial charge in [0.2, 0.25) is 0 Å². The number of carbonyl (C=O) groups is 1. The summed E-state index contributed by atoms with van der Waals surface area (Å²) < 4.78 is 1.51. The van der Waals surface area contributed by atoms with E-state index in [2.05, 4.69) is 17.6 Å². The number of aromatic nitrogens is 1. The van der Waals surface area contributed by atoms with Crippen molar-refractivity contribution in [3.8, 4) is 0 Å². The summed E-state index contributed by atoms with van der Waals surface area (Å²) in [5, 5.41) is 6.96. The third kappa shape index (κ3) is 4.30.